The fourth-order valence-corrected chi connectivity index (χ4v) is 4.48. The Morgan fingerprint density at radius 3 is 2.50 bits per heavy atom. The van der Waals surface area contributed by atoms with Gasteiger partial charge in [0.05, 0.1) is 41.4 Å². The van der Waals surface area contributed by atoms with Crippen LogP contribution in [0.25, 0.3) is 10.9 Å². The quantitative estimate of drug-likeness (QED) is 0.598. The highest BCUT2D eigenvalue weighted by Crippen LogP contribution is 2.39. The van der Waals surface area contributed by atoms with Gasteiger partial charge in [-0.15, -0.1) is 0 Å². The van der Waals surface area contributed by atoms with Gasteiger partial charge in [-0.3, -0.25) is 9.40 Å². The van der Waals surface area contributed by atoms with Gasteiger partial charge in [-0.2, -0.15) is 10.4 Å². The molecule has 0 amide bonds. The second-order valence-corrected chi connectivity index (χ2v) is 8.96. The molecule has 2 N–H and O–H groups in total. The van der Waals surface area contributed by atoms with E-state index in [1.165, 1.54) is 12.3 Å². The average Bonchev–Trinajstić information content (AvgIpc) is 3.12. The second-order valence-electron chi connectivity index (χ2n) is 7.21. The van der Waals surface area contributed by atoms with Gasteiger partial charge in [0.2, 0.25) is 10.0 Å². The number of halogens is 1. The van der Waals surface area contributed by atoms with Crippen LogP contribution in [0.15, 0.2) is 42.6 Å². The van der Waals surface area contributed by atoms with Crippen molar-refractivity contribution in [1.82, 2.24) is 9.78 Å². The van der Waals surface area contributed by atoms with Crippen LogP contribution >= 0.6 is 0 Å². The molecular weight excluding hydrogens is 407 g/mol. The van der Waals surface area contributed by atoms with Crippen LogP contribution < -0.4 is 4.72 Å². The van der Waals surface area contributed by atoms with Crippen molar-refractivity contribution in [1.29, 1.82) is 5.26 Å². The maximum Gasteiger partial charge on any atom is 0.229 e. The second kappa shape index (κ2) is 8.05. The van der Waals surface area contributed by atoms with Gasteiger partial charge in [-0.1, -0.05) is 26.0 Å². The van der Waals surface area contributed by atoms with Gasteiger partial charge in [0.15, 0.2) is 0 Å². The molecule has 0 bridgehead atoms. The highest BCUT2D eigenvalue weighted by molar-refractivity contribution is 7.92. The van der Waals surface area contributed by atoms with Crippen molar-refractivity contribution in [3.8, 4) is 6.07 Å². The van der Waals surface area contributed by atoms with Crippen LogP contribution in [0.3, 0.4) is 0 Å². The normalized spacial score (nSPS) is 14.8. The molecule has 0 aliphatic rings. The zero-order chi connectivity index (χ0) is 22.1. The lowest BCUT2D eigenvalue weighted by molar-refractivity contribution is 0.0487. The molecule has 30 heavy (non-hydrogen) atoms. The molecule has 0 spiro atoms. The summed E-state index contributed by atoms with van der Waals surface area (Å²) in [5, 5.41) is 25.0. The van der Waals surface area contributed by atoms with E-state index in [1.807, 2.05) is 13.8 Å². The van der Waals surface area contributed by atoms with E-state index in [-0.39, 0.29) is 5.69 Å². The van der Waals surface area contributed by atoms with E-state index in [2.05, 4.69) is 15.9 Å². The maximum atomic E-state index is 14.4. The van der Waals surface area contributed by atoms with Gasteiger partial charge in [-0.25, -0.2) is 12.8 Å². The number of hydrogen-bond acceptors (Lipinski definition) is 5. The SMILES string of the molecule is CCC(O)C(CC)(c1ccc(C#N)cc1)n1ncc2c(NS(C)(=O)=O)cc(F)cc21. The van der Waals surface area contributed by atoms with E-state index in [4.69, 9.17) is 5.26 Å². The topological polar surface area (TPSA) is 108 Å². The first-order chi connectivity index (χ1) is 14.2. The molecule has 158 valence electrons. The summed E-state index contributed by atoms with van der Waals surface area (Å²) in [5.74, 6) is -0.633. The molecule has 0 aliphatic heterocycles. The average molecular weight is 431 g/mol. The van der Waals surface area contributed by atoms with E-state index in [1.54, 1.807) is 28.9 Å². The van der Waals surface area contributed by atoms with E-state index in [0.29, 0.717) is 34.9 Å². The molecule has 3 aromatic rings. The maximum absolute atomic E-state index is 14.4. The molecule has 2 aromatic carbocycles. The number of sulfonamides is 1. The lowest BCUT2D eigenvalue weighted by atomic mass is 9.80. The number of nitriles is 1. The van der Waals surface area contributed by atoms with Gasteiger partial charge in [0.25, 0.3) is 0 Å². The number of rotatable bonds is 7. The van der Waals surface area contributed by atoms with Crippen molar-refractivity contribution in [3.05, 3.63) is 59.5 Å². The number of aromatic nitrogens is 2. The first kappa shape index (κ1) is 21.7. The summed E-state index contributed by atoms with van der Waals surface area (Å²) < 4.78 is 41.8. The highest BCUT2D eigenvalue weighted by atomic mass is 32.2. The molecule has 0 aliphatic carbocycles. The Morgan fingerprint density at radius 2 is 1.97 bits per heavy atom. The van der Waals surface area contributed by atoms with Gasteiger partial charge in [0.1, 0.15) is 11.4 Å². The largest absolute Gasteiger partial charge is 0.390 e. The minimum Gasteiger partial charge on any atom is -0.390 e. The molecule has 1 heterocycles. The Kier molecular flexibility index (Phi) is 5.83. The predicted molar refractivity (Wildman–Crippen MR) is 113 cm³/mol. The van der Waals surface area contributed by atoms with Crippen molar-refractivity contribution in [2.45, 2.75) is 38.3 Å². The highest BCUT2D eigenvalue weighted by Gasteiger charge is 2.41. The van der Waals surface area contributed by atoms with E-state index in [9.17, 15) is 17.9 Å². The summed E-state index contributed by atoms with van der Waals surface area (Å²) in [6, 6.07) is 11.3. The van der Waals surface area contributed by atoms with Gasteiger partial charge < -0.3 is 5.11 Å². The number of hydrogen-bond donors (Lipinski definition) is 2. The zero-order valence-electron chi connectivity index (χ0n) is 16.9. The summed E-state index contributed by atoms with van der Waals surface area (Å²) in [5.41, 5.74) is 0.575. The lowest BCUT2D eigenvalue weighted by Crippen LogP contribution is -2.46. The van der Waals surface area contributed by atoms with Crippen molar-refractivity contribution < 1.29 is 17.9 Å². The molecule has 3 rings (SSSR count). The number of benzene rings is 2. The summed E-state index contributed by atoms with van der Waals surface area (Å²) >= 11 is 0. The molecule has 0 radical (unpaired) electrons. The van der Waals surface area contributed by atoms with Gasteiger partial charge in [0, 0.05) is 5.39 Å². The first-order valence-electron chi connectivity index (χ1n) is 9.50. The van der Waals surface area contributed by atoms with E-state index < -0.39 is 27.5 Å². The van der Waals surface area contributed by atoms with Crippen LogP contribution in [0.5, 0.6) is 0 Å². The monoisotopic (exact) mass is 430 g/mol. The lowest BCUT2D eigenvalue weighted by Gasteiger charge is -2.38. The molecule has 9 heteroatoms. The summed E-state index contributed by atoms with van der Waals surface area (Å²) in [4.78, 5) is 0. The van der Waals surface area contributed by atoms with E-state index in [0.717, 1.165) is 12.3 Å². The number of aliphatic hydroxyl groups is 1. The molecule has 7 nitrogen and oxygen atoms in total. The van der Waals surface area contributed by atoms with Crippen LogP contribution in [0.1, 0.15) is 37.8 Å². The summed E-state index contributed by atoms with van der Waals surface area (Å²) in [7, 11) is -3.63. The van der Waals surface area contributed by atoms with Crippen LogP contribution in [0.2, 0.25) is 0 Å². The van der Waals surface area contributed by atoms with Crippen molar-refractivity contribution in [2.24, 2.45) is 0 Å². The van der Waals surface area contributed by atoms with Crippen LogP contribution in [0.4, 0.5) is 10.1 Å². The van der Waals surface area contributed by atoms with Crippen molar-refractivity contribution >= 4 is 26.6 Å². The number of nitrogens with zero attached hydrogens (tertiary/aromatic N) is 3. The smallest absolute Gasteiger partial charge is 0.229 e. The Labute approximate surface area is 174 Å². The Morgan fingerprint density at radius 1 is 1.30 bits per heavy atom. The number of aliphatic hydroxyl groups excluding tert-OH is 1. The predicted octanol–water partition coefficient (Wildman–Crippen LogP) is 3.34. The third-order valence-electron chi connectivity index (χ3n) is 5.32. The van der Waals surface area contributed by atoms with Crippen LogP contribution in [-0.2, 0) is 15.6 Å². The standard InChI is InChI=1S/C21H23FN4O3S/c1-4-20(27)21(5-2,15-8-6-14(12-23)7-9-15)26-19-11-16(22)10-18(17(19)13-24-26)25-30(3,28)29/h6-11,13,20,25,27H,4-5H2,1-3H3. The number of fused-ring (bicyclic) bond motifs is 1. The number of anilines is 1. The van der Waals surface area contributed by atoms with Gasteiger partial charge >= 0.3 is 0 Å². The minimum absolute atomic E-state index is 0.0783. The fourth-order valence-electron chi connectivity index (χ4n) is 3.91. The minimum atomic E-state index is -3.63. The number of nitrogens with one attached hydrogen (secondary N) is 1. The molecule has 0 saturated carbocycles. The first-order valence-corrected chi connectivity index (χ1v) is 11.4. The molecule has 2 unspecified atom stereocenters. The Hall–Kier alpha value is -2.96. The summed E-state index contributed by atoms with van der Waals surface area (Å²) in [6.45, 7) is 3.72. The fraction of sp³-hybridized carbons (Fsp3) is 0.333. The molecule has 2 atom stereocenters. The third-order valence-corrected chi connectivity index (χ3v) is 5.91. The summed E-state index contributed by atoms with van der Waals surface area (Å²) in [6.07, 6.45) is 2.41. The van der Waals surface area contributed by atoms with Crippen LogP contribution in [0, 0.1) is 17.1 Å². The molecule has 0 saturated heterocycles. The Bertz CT molecular complexity index is 1220. The van der Waals surface area contributed by atoms with Crippen molar-refractivity contribution in [3.63, 3.8) is 0 Å². The molecule has 1 aromatic heterocycles. The van der Waals surface area contributed by atoms with E-state index >= 15 is 0 Å². The molecular formula is C21H23FN4O3S. The zero-order valence-corrected chi connectivity index (χ0v) is 17.7. The van der Waals surface area contributed by atoms with Gasteiger partial charge in [-0.05, 0) is 42.7 Å². The van der Waals surface area contributed by atoms with Crippen LogP contribution in [-0.4, -0.2) is 35.7 Å². The Balaban J connectivity index is 2.32. The molecule has 0 fully saturated rings. The third kappa shape index (κ3) is 3.76. The van der Waals surface area contributed by atoms with Crippen molar-refractivity contribution in [2.75, 3.05) is 11.0 Å².